The number of guanidine groups is 1. The van der Waals surface area contributed by atoms with Gasteiger partial charge in [0.05, 0.1) is 11.6 Å². The number of hydrogen-bond donors (Lipinski definition) is 3. The lowest BCUT2D eigenvalue weighted by atomic mass is 9.99. The van der Waals surface area contributed by atoms with Gasteiger partial charge in [0.2, 0.25) is 0 Å². The van der Waals surface area contributed by atoms with Crippen molar-refractivity contribution in [1.29, 1.82) is 0 Å². The van der Waals surface area contributed by atoms with Gasteiger partial charge >= 0.3 is 0 Å². The number of fused-ring (bicyclic) bond motifs is 1. The van der Waals surface area contributed by atoms with Gasteiger partial charge in [-0.25, -0.2) is 0 Å². The molecule has 1 aromatic carbocycles. The van der Waals surface area contributed by atoms with Crippen LogP contribution in [0.4, 0.5) is 0 Å². The smallest absolute Gasteiger partial charge is 0.191 e. The van der Waals surface area contributed by atoms with Crippen molar-refractivity contribution < 1.29 is 14.6 Å². The summed E-state index contributed by atoms with van der Waals surface area (Å²) in [6.07, 6.45) is 0. The molecule has 1 unspecified atom stereocenters. The maximum absolute atomic E-state index is 10.6. The maximum Gasteiger partial charge on any atom is 0.191 e. The van der Waals surface area contributed by atoms with E-state index in [0.29, 0.717) is 48.8 Å². The van der Waals surface area contributed by atoms with Gasteiger partial charge in [0.1, 0.15) is 18.8 Å². The Morgan fingerprint density at radius 3 is 2.88 bits per heavy atom. The second-order valence-electron chi connectivity index (χ2n) is 6.17. The fraction of sp³-hybridized carbons (Fsp3) is 0.389. The predicted octanol–water partition coefficient (Wildman–Crippen LogP) is 2.75. The molecule has 0 amide bonds. The van der Waals surface area contributed by atoms with Crippen molar-refractivity contribution in [3.8, 4) is 11.5 Å². The van der Waals surface area contributed by atoms with Crippen molar-refractivity contribution >= 4 is 28.9 Å². The van der Waals surface area contributed by atoms with Crippen molar-refractivity contribution in [3.05, 3.63) is 45.1 Å². The minimum atomic E-state index is -0.974. The largest absolute Gasteiger partial charge is 0.486 e. The summed E-state index contributed by atoms with van der Waals surface area (Å²) in [6.45, 7) is 3.64. The third-order valence-corrected chi connectivity index (χ3v) is 5.05. The van der Waals surface area contributed by atoms with E-state index in [-0.39, 0.29) is 0 Å². The molecule has 0 saturated carbocycles. The second kappa shape index (κ2) is 8.16. The first kappa shape index (κ1) is 18.8. The summed E-state index contributed by atoms with van der Waals surface area (Å²) in [5, 5.41) is 21.4. The summed E-state index contributed by atoms with van der Waals surface area (Å²) < 4.78 is 11.1. The van der Waals surface area contributed by atoms with Crippen LogP contribution in [0.15, 0.2) is 34.0 Å². The summed E-state index contributed by atoms with van der Waals surface area (Å²) in [7, 11) is 1.69. The Labute approximate surface area is 161 Å². The molecule has 2 aromatic rings. The van der Waals surface area contributed by atoms with Crippen LogP contribution < -0.4 is 20.1 Å². The number of nitrogens with zero attached hydrogens (tertiary/aromatic N) is 1. The minimum Gasteiger partial charge on any atom is -0.486 e. The molecule has 0 spiro atoms. The Hall–Kier alpha value is -1.96. The number of rotatable bonds is 5. The van der Waals surface area contributed by atoms with Crippen molar-refractivity contribution in [1.82, 2.24) is 10.6 Å². The summed E-state index contributed by atoms with van der Waals surface area (Å²) in [5.41, 5.74) is 0.855. The highest BCUT2D eigenvalue weighted by molar-refractivity contribution is 7.08. The maximum atomic E-state index is 10.6. The van der Waals surface area contributed by atoms with Gasteiger partial charge in [0, 0.05) is 13.6 Å². The number of nitrogens with one attached hydrogen (secondary N) is 2. The fourth-order valence-electron chi connectivity index (χ4n) is 2.60. The van der Waals surface area contributed by atoms with Crippen molar-refractivity contribution in [2.45, 2.75) is 19.1 Å². The van der Waals surface area contributed by atoms with E-state index >= 15 is 0 Å². The second-order valence-corrected chi connectivity index (χ2v) is 7.35. The lowest BCUT2D eigenvalue weighted by Gasteiger charge is -2.24. The molecule has 0 fully saturated rings. The third kappa shape index (κ3) is 4.41. The van der Waals surface area contributed by atoms with Crippen LogP contribution in [0.25, 0.3) is 0 Å². The van der Waals surface area contributed by atoms with Crippen molar-refractivity contribution in [2.24, 2.45) is 4.99 Å². The minimum absolute atomic E-state index is 0.339. The summed E-state index contributed by atoms with van der Waals surface area (Å²) in [6, 6.07) is 5.67. The first-order chi connectivity index (χ1) is 12.5. The van der Waals surface area contributed by atoms with E-state index < -0.39 is 5.60 Å². The van der Waals surface area contributed by atoms with E-state index in [1.807, 2.05) is 29.0 Å². The number of ether oxygens (including phenoxy) is 2. The van der Waals surface area contributed by atoms with Gasteiger partial charge in [-0.05, 0) is 47.0 Å². The molecule has 8 heteroatoms. The van der Waals surface area contributed by atoms with E-state index in [9.17, 15) is 5.11 Å². The first-order valence-corrected chi connectivity index (χ1v) is 9.59. The molecular weight excluding hydrogens is 374 g/mol. The number of hydrogen-bond acceptors (Lipinski definition) is 5. The number of benzene rings is 1. The SMILES string of the molecule is CN=C(NCc1cc(Cl)c2c(c1)OCCO2)NCC(C)(O)c1ccsc1. The molecule has 3 N–H and O–H groups in total. The van der Waals surface area contributed by atoms with Crippen LogP contribution in [0.5, 0.6) is 11.5 Å². The standard InChI is InChI=1S/C18H22ClN3O3S/c1-18(23,13-3-6-26-10-13)11-22-17(20-2)21-9-12-7-14(19)16-15(8-12)24-4-5-25-16/h3,6-8,10,23H,4-5,9,11H2,1-2H3,(H2,20,21,22). The van der Waals surface area contributed by atoms with Crippen molar-refractivity contribution in [3.63, 3.8) is 0 Å². The average molecular weight is 396 g/mol. The Bertz CT molecular complexity index is 778. The molecule has 0 aliphatic carbocycles. The normalized spacial score (nSPS) is 16.1. The van der Waals surface area contributed by atoms with Crippen LogP contribution in [0, 0.1) is 0 Å². The zero-order valence-corrected chi connectivity index (χ0v) is 16.3. The van der Waals surface area contributed by atoms with E-state index in [2.05, 4.69) is 15.6 Å². The van der Waals surface area contributed by atoms with Crippen LogP contribution in [0.2, 0.25) is 5.02 Å². The number of aliphatic hydroxyl groups is 1. The molecule has 1 aliphatic heterocycles. The van der Waals surface area contributed by atoms with Gasteiger partial charge in [-0.15, -0.1) is 0 Å². The average Bonchev–Trinajstić information content (AvgIpc) is 3.17. The Balaban J connectivity index is 1.59. The molecule has 140 valence electrons. The molecule has 1 atom stereocenters. The number of aliphatic imine (C=N–C) groups is 1. The fourth-order valence-corrected chi connectivity index (χ4v) is 3.67. The number of thiophene rings is 1. The van der Waals surface area contributed by atoms with Crippen LogP contribution in [-0.4, -0.2) is 37.9 Å². The van der Waals surface area contributed by atoms with Crippen molar-refractivity contribution in [2.75, 3.05) is 26.8 Å². The van der Waals surface area contributed by atoms with Gasteiger partial charge in [-0.2, -0.15) is 11.3 Å². The Morgan fingerprint density at radius 2 is 2.15 bits per heavy atom. The van der Waals surface area contributed by atoms with E-state index in [0.717, 1.165) is 11.1 Å². The predicted molar refractivity (Wildman–Crippen MR) is 105 cm³/mol. The molecule has 3 rings (SSSR count). The third-order valence-electron chi connectivity index (χ3n) is 4.08. The molecule has 26 heavy (non-hydrogen) atoms. The van der Waals surface area contributed by atoms with E-state index in [1.165, 1.54) is 0 Å². The highest BCUT2D eigenvalue weighted by atomic mass is 35.5. The molecular formula is C18H22ClN3O3S. The summed E-state index contributed by atoms with van der Waals surface area (Å²) in [4.78, 5) is 4.19. The molecule has 1 aliphatic rings. The quantitative estimate of drug-likeness (QED) is 0.536. The van der Waals surface area contributed by atoms with Crippen LogP contribution in [-0.2, 0) is 12.1 Å². The lowest BCUT2D eigenvalue weighted by Crippen LogP contribution is -2.44. The highest BCUT2D eigenvalue weighted by Crippen LogP contribution is 2.38. The summed E-state index contributed by atoms with van der Waals surface area (Å²) in [5.74, 6) is 1.84. The molecule has 6 nitrogen and oxygen atoms in total. The summed E-state index contributed by atoms with van der Waals surface area (Å²) >= 11 is 7.82. The van der Waals surface area contributed by atoms with Crippen LogP contribution in [0.1, 0.15) is 18.1 Å². The molecule has 1 aromatic heterocycles. The number of halogens is 1. The zero-order chi connectivity index (χ0) is 18.6. The Kier molecular flexibility index (Phi) is 5.90. The highest BCUT2D eigenvalue weighted by Gasteiger charge is 2.23. The molecule has 0 saturated heterocycles. The topological polar surface area (TPSA) is 75.1 Å². The van der Waals surface area contributed by atoms with E-state index in [1.54, 1.807) is 25.3 Å². The van der Waals surface area contributed by atoms with E-state index in [4.69, 9.17) is 21.1 Å². The van der Waals surface area contributed by atoms with Gasteiger partial charge in [0.15, 0.2) is 17.5 Å². The molecule has 2 heterocycles. The lowest BCUT2D eigenvalue weighted by molar-refractivity contribution is 0.0621. The molecule has 0 bridgehead atoms. The monoisotopic (exact) mass is 395 g/mol. The molecule has 0 radical (unpaired) electrons. The Morgan fingerprint density at radius 1 is 1.35 bits per heavy atom. The van der Waals surface area contributed by atoms with Crippen LogP contribution >= 0.6 is 22.9 Å². The zero-order valence-electron chi connectivity index (χ0n) is 14.7. The van der Waals surface area contributed by atoms with Gasteiger partial charge in [-0.3, -0.25) is 4.99 Å². The van der Waals surface area contributed by atoms with Crippen LogP contribution in [0.3, 0.4) is 0 Å². The van der Waals surface area contributed by atoms with Gasteiger partial charge in [0.25, 0.3) is 0 Å². The first-order valence-electron chi connectivity index (χ1n) is 8.27. The van der Waals surface area contributed by atoms with Gasteiger partial charge in [-0.1, -0.05) is 11.6 Å². The van der Waals surface area contributed by atoms with Gasteiger partial charge < -0.3 is 25.2 Å².